The number of hydrazine groups is 1. The Hall–Kier alpha value is -0.900. The molecule has 4 nitrogen and oxygen atoms in total. The first-order valence-electron chi connectivity index (χ1n) is 5.58. The van der Waals surface area contributed by atoms with Gasteiger partial charge in [0.15, 0.2) is 0 Å². The molecular weight excluding hydrogens is 192 g/mol. The molecule has 0 bridgehead atoms. The topological polar surface area (TPSA) is 49.4 Å². The third-order valence-corrected chi connectivity index (χ3v) is 2.86. The van der Waals surface area contributed by atoms with Crippen LogP contribution in [-0.2, 0) is 9.59 Å². The van der Waals surface area contributed by atoms with Crippen molar-refractivity contribution in [1.29, 1.82) is 0 Å². The molecule has 1 N–H and O–H groups in total. The second-order valence-corrected chi connectivity index (χ2v) is 4.45. The zero-order valence-corrected chi connectivity index (χ0v) is 9.75. The van der Waals surface area contributed by atoms with Gasteiger partial charge >= 0.3 is 0 Å². The highest BCUT2D eigenvalue weighted by atomic mass is 16.2. The minimum absolute atomic E-state index is 0.0179. The monoisotopic (exact) mass is 212 g/mol. The van der Waals surface area contributed by atoms with Crippen LogP contribution in [-0.4, -0.2) is 28.8 Å². The molecule has 4 heteroatoms. The molecule has 86 valence electrons. The fraction of sp³-hybridized carbons (Fsp3) is 0.818. The normalized spacial score (nSPS) is 27.4. The molecule has 0 aromatic heterocycles. The van der Waals surface area contributed by atoms with Gasteiger partial charge in [0.1, 0.15) is 5.78 Å². The van der Waals surface area contributed by atoms with E-state index in [9.17, 15) is 9.59 Å². The van der Waals surface area contributed by atoms with Crippen LogP contribution in [0.25, 0.3) is 0 Å². The number of rotatable bonds is 3. The SMILES string of the molecule is CC(=O)CC(=O)NN1C(C)CCCC1C. The highest BCUT2D eigenvalue weighted by Gasteiger charge is 2.26. The van der Waals surface area contributed by atoms with Gasteiger partial charge in [0, 0.05) is 12.1 Å². The number of nitrogens with one attached hydrogen (secondary N) is 1. The van der Waals surface area contributed by atoms with Gasteiger partial charge in [-0.2, -0.15) is 0 Å². The highest BCUT2D eigenvalue weighted by Crippen LogP contribution is 2.20. The van der Waals surface area contributed by atoms with E-state index in [1.165, 1.54) is 13.3 Å². The molecule has 1 aliphatic rings. The molecule has 1 amide bonds. The Balaban J connectivity index is 2.47. The lowest BCUT2D eigenvalue weighted by Gasteiger charge is -2.38. The van der Waals surface area contributed by atoms with Crippen LogP contribution in [0.15, 0.2) is 0 Å². The first kappa shape index (κ1) is 12.2. The second-order valence-electron chi connectivity index (χ2n) is 4.45. The van der Waals surface area contributed by atoms with Crippen LogP contribution in [0, 0.1) is 0 Å². The van der Waals surface area contributed by atoms with Gasteiger partial charge in [-0.1, -0.05) is 6.42 Å². The van der Waals surface area contributed by atoms with Gasteiger partial charge in [-0.15, -0.1) is 0 Å². The molecule has 0 spiro atoms. The van der Waals surface area contributed by atoms with Crippen LogP contribution in [0.5, 0.6) is 0 Å². The van der Waals surface area contributed by atoms with E-state index in [0.717, 1.165) is 12.8 Å². The van der Waals surface area contributed by atoms with Crippen molar-refractivity contribution in [3.05, 3.63) is 0 Å². The van der Waals surface area contributed by atoms with Crippen molar-refractivity contribution in [3.63, 3.8) is 0 Å². The van der Waals surface area contributed by atoms with Crippen LogP contribution in [0.1, 0.15) is 46.5 Å². The van der Waals surface area contributed by atoms with Gasteiger partial charge in [0.25, 0.3) is 0 Å². The molecule has 1 heterocycles. The van der Waals surface area contributed by atoms with Crippen molar-refractivity contribution in [1.82, 2.24) is 10.4 Å². The van der Waals surface area contributed by atoms with Crippen molar-refractivity contribution in [3.8, 4) is 0 Å². The molecule has 2 atom stereocenters. The number of ketones is 1. The Bertz CT molecular complexity index is 243. The summed E-state index contributed by atoms with van der Waals surface area (Å²) in [5, 5.41) is 1.98. The molecule has 0 radical (unpaired) electrons. The summed E-state index contributed by atoms with van der Waals surface area (Å²) in [5.74, 6) is -0.284. The second kappa shape index (κ2) is 5.26. The molecule has 15 heavy (non-hydrogen) atoms. The summed E-state index contributed by atoms with van der Waals surface area (Å²) in [6.07, 6.45) is 3.40. The molecule has 0 saturated carbocycles. The summed E-state index contributed by atoms with van der Waals surface area (Å²) >= 11 is 0. The van der Waals surface area contributed by atoms with E-state index in [4.69, 9.17) is 0 Å². The summed E-state index contributed by atoms with van der Waals surface area (Å²) in [4.78, 5) is 22.2. The van der Waals surface area contributed by atoms with Gasteiger partial charge < -0.3 is 0 Å². The third kappa shape index (κ3) is 3.63. The number of carbonyl (C=O) groups excluding carboxylic acids is 2. The van der Waals surface area contributed by atoms with Crippen molar-refractivity contribution < 1.29 is 9.59 Å². The summed E-state index contributed by atoms with van der Waals surface area (Å²) in [6, 6.07) is 0.731. The molecular formula is C11H20N2O2. The Morgan fingerprint density at radius 3 is 2.27 bits per heavy atom. The molecule has 0 aromatic carbocycles. The van der Waals surface area contributed by atoms with Crippen molar-refractivity contribution in [2.45, 2.75) is 58.5 Å². The van der Waals surface area contributed by atoms with Crippen LogP contribution in [0.4, 0.5) is 0 Å². The smallest absolute Gasteiger partial charge is 0.241 e. The van der Waals surface area contributed by atoms with E-state index in [1.807, 2.05) is 5.01 Å². The molecule has 1 fully saturated rings. The van der Waals surface area contributed by atoms with Crippen molar-refractivity contribution >= 4 is 11.7 Å². The van der Waals surface area contributed by atoms with Crippen molar-refractivity contribution in [2.75, 3.05) is 0 Å². The minimum Gasteiger partial charge on any atom is -0.299 e. The van der Waals surface area contributed by atoms with E-state index in [0.29, 0.717) is 12.1 Å². The maximum Gasteiger partial charge on any atom is 0.241 e. The summed E-state index contributed by atoms with van der Waals surface area (Å²) in [5.41, 5.74) is 2.82. The number of piperidine rings is 1. The zero-order valence-electron chi connectivity index (χ0n) is 9.75. The van der Waals surface area contributed by atoms with E-state index in [1.54, 1.807) is 0 Å². The van der Waals surface area contributed by atoms with Crippen molar-refractivity contribution in [2.24, 2.45) is 0 Å². The Labute approximate surface area is 91.0 Å². The number of carbonyl (C=O) groups is 2. The maximum atomic E-state index is 11.4. The summed E-state index contributed by atoms with van der Waals surface area (Å²) in [7, 11) is 0. The fourth-order valence-corrected chi connectivity index (χ4v) is 2.05. The van der Waals surface area contributed by atoms with Crippen LogP contribution < -0.4 is 5.43 Å². The largest absolute Gasteiger partial charge is 0.299 e. The summed E-state index contributed by atoms with van der Waals surface area (Å²) < 4.78 is 0. The van der Waals surface area contributed by atoms with Crippen LogP contribution >= 0.6 is 0 Å². The van der Waals surface area contributed by atoms with Gasteiger partial charge in [-0.3, -0.25) is 15.0 Å². The first-order chi connectivity index (χ1) is 7.00. The van der Waals surface area contributed by atoms with E-state index < -0.39 is 0 Å². The van der Waals surface area contributed by atoms with Gasteiger partial charge in [-0.25, -0.2) is 5.01 Å². The third-order valence-electron chi connectivity index (χ3n) is 2.86. The lowest BCUT2D eigenvalue weighted by Crippen LogP contribution is -2.54. The predicted octanol–water partition coefficient (Wildman–Crippen LogP) is 1.26. The first-order valence-corrected chi connectivity index (χ1v) is 5.58. The molecule has 1 rings (SSSR count). The minimum atomic E-state index is -0.192. The zero-order chi connectivity index (χ0) is 11.4. The van der Waals surface area contributed by atoms with Gasteiger partial charge in [0.05, 0.1) is 6.42 Å². The molecule has 0 aliphatic carbocycles. The number of nitrogens with zero attached hydrogens (tertiary/aromatic N) is 1. The average molecular weight is 212 g/mol. The van der Waals surface area contributed by atoms with E-state index in [-0.39, 0.29) is 18.1 Å². The lowest BCUT2D eigenvalue weighted by molar-refractivity contribution is -0.133. The predicted molar refractivity (Wildman–Crippen MR) is 58.1 cm³/mol. The molecule has 2 unspecified atom stereocenters. The lowest BCUT2D eigenvalue weighted by atomic mass is 10.00. The Morgan fingerprint density at radius 1 is 1.27 bits per heavy atom. The molecule has 1 saturated heterocycles. The summed E-state index contributed by atoms with van der Waals surface area (Å²) in [6.45, 7) is 5.63. The van der Waals surface area contributed by atoms with Gasteiger partial charge in [0.2, 0.25) is 5.91 Å². The number of hydrogen-bond donors (Lipinski definition) is 1. The quantitative estimate of drug-likeness (QED) is 0.716. The average Bonchev–Trinajstić information content (AvgIpc) is 2.10. The standard InChI is InChI=1S/C11H20N2O2/c1-8-5-4-6-9(2)13(8)12-11(15)7-10(3)14/h8-9H,4-7H2,1-3H3,(H,12,15). The number of amides is 1. The van der Waals surface area contributed by atoms with Crippen LogP contribution in [0.2, 0.25) is 0 Å². The maximum absolute atomic E-state index is 11.4. The number of Topliss-reactive ketones (excluding diaryl/α,β-unsaturated/α-hetero) is 1. The molecule has 0 aromatic rings. The Morgan fingerprint density at radius 2 is 1.80 bits per heavy atom. The Kier molecular flexibility index (Phi) is 4.27. The van der Waals surface area contributed by atoms with Crippen LogP contribution in [0.3, 0.4) is 0 Å². The number of hydrogen-bond acceptors (Lipinski definition) is 3. The van der Waals surface area contributed by atoms with E-state index >= 15 is 0 Å². The molecule has 1 aliphatic heterocycles. The highest BCUT2D eigenvalue weighted by molar-refractivity contribution is 5.96. The van der Waals surface area contributed by atoms with E-state index in [2.05, 4.69) is 19.3 Å². The fourth-order valence-electron chi connectivity index (χ4n) is 2.05. The van der Waals surface area contributed by atoms with Gasteiger partial charge in [-0.05, 0) is 33.6 Å².